The van der Waals surface area contributed by atoms with Crippen LogP contribution in [0.4, 0.5) is 0 Å². The fourth-order valence-electron chi connectivity index (χ4n) is 2.58. The number of Topliss-reactive ketones (excluding diaryl/α,β-unsaturated/α-hetero) is 1. The van der Waals surface area contributed by atoms with Crippen LogP contribution in [0.5, 0.6) is 5.75 Å². The van der Waals surface area contributed by atoms with Crippen molar-refractivity contribution in [1.82, 2.24) is 0 Å². The van der Waals surface area contributed by atoms with Crippen LogP contribution in [0.1, 0.15) is 39.6 Å². The van der Waals surface area contributed by atoms with Crippen molar-refractivity contribution < 1.29 is 9.53 Å². The Labute approximate surface area is 123 Å². The predicted molar refractivity (Wildman–Crippen MR) is 79.7 cm³/mol. The molecular formula is C17H15ClO2. The van der Waals surface area contributed by atoms with Crippen LogP contribution in [0.25, 0.3) is 0 Å². The van der Waals surface area contributed by atoms with Gasteiger partial charge in [-0.05, 0) is 43.2 Å². The van der Waals surface area contributed by atoms with E-state index in [2.05, 4.69) is 18.2 Å². The molecule has 0 saturated heterocycles. The maximum absolute atomic E-state index is 12.3. The molecule has 0 aromatic heterocycles. The third-order valence-electron chi connectivity index (χ3n) is 3.66. The van der Waals surface area contributed by atoms with Crippen LogP contribution in [0.2, 0.25) is 5.02 Å². The summed E-state index contributed by atoms with van der Waals surface area (Å²) < 4.78 is 6.00. The summed E-state index contributed by atoms with van der Waals surface area (Å²) in [6, 6.07) is 11.4. The van der Waals surface area contributed by atoms with Crippen molar-refractivity contribution in [2.45, 2.75) is 26.4 Å². The third kappa shape index (κ3) is 2.32. The summed E-state index contributed by atoms with van der Waals surface area (Å²) in [5, 5.41) is 0.561. The lowest BCUT2D eigenvalue weighted by atomic mass is 9.93. The minimum absolute atomic E-state index is 0.0830. The molecule has 1 aliphatic heterocycles. The Morgan fingerprint density at radius 2 is 1.95 bits per heavy atom. The summed E-state index contributed by atoms with van der Waals surface area (Å²) >= 11 is 5.93. The summed E-state index contributed by atoms with van der Waals surface area (Å²) in [6.07, 6.45) is 0.147. The molecule has 2 aromatic rings. The normalized spacial score (nSPS) is 17.6. The number of benzene rings is 2. The first-order valence-electron chi connectivity index (χ1n) is 6.61. The first-order valence-corrected chi connectivity index (χ1v) is 6.99. The molecule has 3 rings (SSSR count). The Hall–Kier alpha value is -1.80. The predicted octanol–water partition coefficient (Wildman–Crippen LogP) is 4.66. The molecule has 1 aliphatic rings. The number of rotatable bonds is 1. The standard InChI is InChI=1S/C17H15ClO2/c1-10-3-4-11(2)13(7-10)17-9-15(19)14-8-12(18)5-6-16(14)20-17/h3-8,17H,9H2,1-2H3. The summed E-state index contributed by atoms with van der Waals surface area (Å²) in [7, 11) is 0. The number of carbonyl (C=O) groups excluding carboxylic acids is 1. The van der Waals surface area contributed by atoms with E-state index in [0.717, 1.165) is 11.1 Å². The molecule has 0 amide bonds. The van der Waals surface area contributed by atoms with Gasteiger partial charge in [0.05, 0.1) is 12.0 Å². The number of fused-ring (bicyclic) bond motifs is 1. The quantitative estimate of drug-likeness (QED) is 0.762. The first kappa shape index (κ1) is 13.2. The largest absolute Gasteiger partial charge is 0.484 e. The fraction of sp³-hybridized carbons (Fsp3) is 0.235. The van der Waals surface area contributed by atoms with Crippen molar-refractivity contribution in [3.63, 3.8) is 0 Å². The Kier molecular flexibility index (Phi) is 3.27. The Bertz CT molecular complexity index is 691. The van der Waals surface area contributed by atoms with E-state index in [1.54, 1.807) is 18.2 Å². The SMILES string of the molecule is Cc1ccc(C)c(C2CC(=O)c3cc(Cl)ccc3O2)c1. The van der Waals surface area contributed by atoms with E-state index in [-0.39, 0.29) is 11.9 Å². The highest BCUT2D eigenvalue weighted by atomic mass is 35.5. The van der Waals surface area contributed by atoms with Crippen molar-refractivity contribution in [2.75, 3.05) is 0 Å². The highest BCUT2D eigenvalue weighted by Crippen LogP contribution is 2.37. The molecule has 0 saturated carbocycles. The number of ether oxygens (including phenoxy) is 1. The number of hydrogen-bond acceptors (Lipinski definition) is 2. The van der Waals surface area contributed by atoms with Gasteiger partial charge in [0.1, 0.15) is 11.9 Å². The van der Waals surface area contributed by atoms with Crippen molar-refractivity contribution in [1.29, 1.82) is 0 Å². The van der Waals surface area contributed by atoms with Crippen LogP contribution in [0.15, 0.2) is 36.4 Å². The third-order valence-corrected chi connectivity index (χ3v) is 3.90. The Morgan fingerprint density at radius 1 is 1.15 bits per heavy atom. The molecule has 0 radical (unpaired) electrons. The zero-order valence-electron chi connectivity index (χ0n) is 11.4. The first-order chi connectivity index (χ1) is 9.54. The topological polar surface area (TPSA) is 26.3 Å². The Balaban J connectivity index is 2.01. The second-order valence-electron chi connectivity index (χ2n) is 5.23. The molecule has 1 unspecified atom stereocenters. The van der Waals surface area contributed by atoms with Gasteiger partial charge in [0.25, 0.3) is 0 Å². The number of halogens is 1. The van der Waals surface area contributed by atoms with Gasteiger partial charge in [0, 0.05) is 5.02 Å². The second kappa shape index (κ2) is 4.95. The van der Waals surface area contributed by atoms with Crippen molar-refractivity contribution in [3.8, 4) is 5.75 Å². The molecule has 102 valence electrons. The van der Waals surface area contributed by atoms with Crippen LogP contribution in [-0.2, 0) is 0 Å². The smallest absolute Gasteiger partial charge is 0.170 e. The molecule has 0 N–H and O–H groups in total. The Morgan fingerprint density at radius 3 is 2.75 bits per heavy atom. The monoisotopic (exact) mass is 286 g/mol. The van der Waals surface area contributed by atoms with Crippen molar-refractivity contribution >= 4 is 17.4 Å². The lowest BCUT2D eigenvalue weighted by Crippen LogP contribution is -2.21. The van der Waals surface area contributed by atoms with Gasteiger partial charge in [-0.3, -0.25) is 4.79 Å². The zero-order chi connectivity index (χ0) is 14.3. The number of hydrogen-bond donors (Lipinski definition) is 0. The minimum Gasteiger partial charge on any atom is -0.484 e. The van der Waals surface area contributed by atoms with E-state index in [0.29, 0.717) is 22.8 Å². The highest BCUT2D eigenvalue weighted by Gasteiger charge is 2.28. The molecule has 20 heavy (non-hydrogen) atoms. The summed E-state index contributed by atoms with van der Waals surface area (Å²) in [4.78, 5) is 12.3. The van der Waals surface area contributed by atoms with E-state index in [1.165, 1.54) is 5.56 Å². The fourth-order valence-corrected chi connectivity index (χ4v) is 2.75. The van der Waals surface area contributed by atoms with Gasteiger partial charge >= 0.3 is 0 Å². The molecule has 2 nitrogen and oxygen atoms in total. The van der Waals surface area contributed by atoms with Crippen LogP contribution in [-0.4, -0.2) is 5.78 Å². The summed E-state index contributed by atoms with van der Waals surface area (Å²) in [5.74, 6) is 0.705. The minimum atomic E-state index is -0.212. The van der Waals surface area contributed by atoms with Gasteiger partial charge in [-0.1, -0.05) is 35.4 Å². The van der Waals surface area contributed by atoms with Gasteiger partial charge in [0.2, 0.25) is 0 Å². The van der Waals surface area contributed by atoms with Crippen LogP contribution in [0.3, 0.4) is 0 Å². The van der Waals surface area contributed by atoms with Gasteiger partial charge in [-0.15, -0.1) is 0 Å². The summed E-state index contributed by atoms with van der Waals surface area (Å²) in [5.41, 5.74) is 3.98. The van der Waals surface area contributed by atoms with Crippen LogP contribution < -0.4 is 4.74 Å². The lowest BCUT2D eigenvalue weighted by Gasteiger charge is -2.27. The van der Waals surface area contributed by atoms with Crippen LogP contribution in [0, 0.1) is 13.8 Å². The number of carbonyl (C=O) groups is 1. The molecular weight excluding hydrogens is 272 g/mol. The maximum atomic E-state index is 12.3. The molecule has 3 heteroatoms. The van der Waals surface area contributed by atoms with Gasteiger partial charge in [-0.25, -0.2) is 0 Å². The zero-order valence-corrected chi connectivity index (χ0v) is 12.2. The van der Waals surface area contributed by atoms with E-state index in [9.17, 15) is 4.79 Å². The average Bonchev–Trinajstić information content (AvgIpc) is 2.42. The van der Waals surface area contributed by atoms with Crippen LogP contribution >= 0.6 is 11.6 Å². The number of ketones is 1. The second-order valence-corrected chi connectivity index (χ2v) is 5.67. The maximum Gasteiger partial charge on any atom is 0.170 e. The lowest BCUT2D eigenvalue weighted by molar-refractivity contribution is 0.0849. The van der Waals surface area contributed by atoms with Crippen molar-refractivity contribution in [3.05, 3.63) is 63.7 Å². The molecule has 0 bridgehead atoms. The van der Waals surface area contributed by atoms with E-state index >= 15 is 0 Å². The highest BCUT2D eigenvalue weighted by molar-refractivity contribution is 6.31. The van der Waals surface area contributed by atoms with Crippen molar-refractivity contribution in [2.24, 2.45) is 0 Å². The number of aryl methyl sites for hydroxylation is 2. The molecule has 1 atom stereocenters. The molecule has 1 heterocycles. The average molecular weight is 287 g/mol. The molecule has 0 aliphatic carbocycles. The molecule has 0 spiro atoms. The van der Waals surface area contributed by atoms with E-state index in [4.69, 9.17) is 16.3 Å². The van der Waals surface area contributed by atoms with Gasteiger partial charge < -0.3 is 4.74 Å². The molecule has 0 fully saturated rings. The van der Waals surface area contributed by atoms with Gasteiger partial charge in [0.15, 0.2) is 5.78 Å². The van der Waals surface area contributed by atoms with E-state index < -0.39 is 0 Å². The van der Waals surface area contributed by atoms with Gasteiger partial charge in [-0.2, -0.15) is 0 Å². The van der Waals surface area contributed by atoms with E-state index in [1.807, 2.05) is 13.8 Å². The molecule has 2 aromatic carbocycles. The summed E-state index contributed by atoms with van der Waals surface area (Å²) in [6.45, 7) is 4.08.